The number of hydrogen-bond acceptors (Lipinski definition) is 4. The molecule has 2 aromatic rings. The molecule has 1 aliphatic rings. The van der Waals surface area contributed by atoms with Crippen molar-refractivity contribution in [2.45, 2.75) is 26.7 Å². The summed E-state index contributed by atoms with van der Waals surface area (Å²) in [6.45, 7) is 6.35. The summed E-state index contributed by atoms with van der Waals surface area (Å²) in [7, 11) is 0. The van der Waals surface area contributed by atoms with Crippen LogP contribution in [-0.4, -0.2) is 58.7 Å². The van der Waals surface area contributed by atoms with Crippen LogP contribution in [0.15, 0.2) is 48.8 Å². The molecule has 0 saturated carbocycles. The Morgan fingerprint density at radius 2 is 1.70 bits per heavy atom. The Bertz CT molecular complexity index is 890. The first-order valence-corrected chi connectivity index (χ1v) is 10.3. The highest BCUT2D eigenvalue weighted by Crippen LogP contribution is 2.16. The van der Waals surface area contributed by atoms with E-state index in [9.17, 15) is 14.4 Å². The SMILES string of the molecule is CC(C)CCC(=O)N1CCN(C(=O)c2cccc(NC(=O)c3cccnc3)c2)CC1. The van der Waals surface area contributed by atoms with Crippen molar-refractivity contribution in [2.24, 2.45) is 5.92 Å². The number of hydrogen-bond donors (Lipinski definition) is 1. The van der Waals surface area contributed by atoms with E-state index in [0.717, 1.165) is 6.42 Å². The van der Waals surface area contributed by atoms with Crippen molar-refractivity contribution in [3.05, 3.63) is 59.9 Å². The van der Waals surface area contributed by atoms with E-state index >= 15 is 0 Å². The van der Waals surface area contributed by atoms with Crippen LogP contribution in [0.1, 0.15) is 47.4 Å². The van der Waals surface area contributed by atoms with Gasteiger partial charge in [-0.3, -0.25) is 19.4 Å². The highest BCUT2D eigenvalue weighted by molar-refractivity contribution is 6.05. The molecule has 30 heavy (non-hydrogen) atoms. The molecular weight excluding hydrogens is 380 g/mol. The molecule has 1 aromatic heterocycles. The van der Waals surface area contributed by atoms with Crippen LogP contribution in [0.5, 0.6) is 0 Å². The number of piperazine rings is 1. The minimum atomic E-state index is -0.277. The van der Waals surface area contributed by atoms with Crippen LogP contribution < -0.4 is 5.32 Å². The van der Waals surface area contributed by atoms with Gasteiger partial charge in [0.2, 0.25) is 5.91 Å². The Morgan fingerprint density at radius 1 is 1.00 bits per heavy atom. The molecular formula is C23H28N4O3. The molecule has 0 radical (unpaired) electrons. The number of benzene rings is 1. The summed E-state index contributed by atoms with van der Waals surface area (Å²) < 4.78 is 0. The molecule has 0 unspecified atom stereocenters. The van der Waals surface area contributed by atoms with E-state index in [1.165, 1.54) is 6.20 Å². The summed E-state index contributed by atoms with van der Waals surface area (Å²) in [6, 6.07) is 10.3. The first-order valence-electron chi connectivity index (χ1n) is 10.3. The Hall–Kier alpha value is -3.22. The fourth-order valence-corrected chi connectivity index (χ4v) is 3.34. The van der Waals surface area contributed by atoms with Crippen molar-refractivity contribution in [2.75, 3.05) is 31.5 Å². The van der Waals surface area contributed by atoms with Gasteiger partial charge in [-0.2, -0.15) is 0 Å². The molecule has 0 atom stereocenters. The largest absolute Gasteiger partial charge is 0.339 e. The van der Waals surface area contributed by atoms with Crippen molar-refractivity contribution in [1.29, 1.82) is 0 Å². The molecule has 1 aliphatic heterocycles. The highest BCUT2D eigenvalue weighted by atomic mass is 16.2. The van der Waals surface area contributed by atoms with Crippen LogP contribution >= 0.6 is 0 Å². The van der Waals surface area contributed by atoms with E-state index in [1.807, 2.05) is 4.90 Å². The number of carbonyl (C=O) groups is 3. The van der Waals surface area contributed by atoms with Crippen molar-refractivity contribution < 1.29 is 14.4 Å². The molecule has 7 nitrogen and oxygen atoms in total. The minimum absolute atomic E-state index is 0.0956. The van der Waals surface area contributed by atoms with Gasteiger partial charge in [-0.15, -0.1) is 0 Å². The average molecular weight is 409 g/mol. The van der Waals surface area contributed by atoms with E-state index in [0.29, 0.717) is 55.3 Å². The molecule has 0 spiro atoms. The van der Waals surface area contributed by atoms with Gasteiger partial charge in [0, 0.05) is 56.2 Å². The van der Waals surface area contributed by atoms with Gasteiger partial charge in [0.1, 0.15) is 0 Å². The van der Waals surface area contributed by atoms with Gasteiger partial charge in [0.15, 0.2) is 0 Å². The zero-order chi connectivity index (χ0) is 21.5. The fraction of sp³-hybridized carbons (Fsp3) is 0.391. The number of nitrogens with one attached hydrogen (secondary N) is 1. The maximum atomic E-state index is 12.9. The predicted octanol–water partition coefficient (Wildman–Crippen LogP) is 3.05. The monoisotopic (exact) mass is 408 g/mol. The molecule has 0 aliphatic carbocycles. The summed E-state index contributed by atoms with van der Waals surface area (Å²) in [5.41, 5.74) is 1.52. The predicted molar refractivity (Wildman–Crippen MR) is 115 cm³/mol. The second-order valence-electron chi connectivity index (χ2n) is 7.88. The third-order valence-electron chi connectivity index (χ3n) is 5.15. The molecule has 1 saturated heterocycles. The summed E-state index contributed by atoms with van der Waals surface area (Å²) >= 11 is 0. The molecule has 1 fully saturated rings. The zero-order valence-corrected chi connectivity index (χ0v) is 17.5. The number of aromatic nitrogens is 1. The number of pyridine rings is 1. The maximum absolute atomic E-state index is 12.9. The molecule has 2 heterocycles. The first kappa shape index (κ1) is 21.5. The number of amides is 3. The van der Waals surface area contributed by atoms with Crippen LogP contribution in [0.25, 0.3) is 0 Å². The quantitative estimate of drug-likeness (QED) is 0.796. The average Bonchev–Trinajstić information content (AvgIpc) is 2.77. The lowest BCUT2D eigenvalue weighted by Crippen LogP contribution is -2.50. The lowest BCUT2D eigenvalue weighted by molar-refractivity contribution is -0.132. The summed E-state index contributed by atoms with van der Waals surface area (Å²) in [6.07, 6.45) is 4.54. The normalized spacial score (nSPS) is 14.0. The molecule has 3 rings (SSSR count). The Morgan fingerprint density at radius 3 is 2.37 bits per heavy atom. The summed E-state index contributed by atoms with van der Waals surface area (Å²) in [4.78, 5) is 45.0. The first-order chi connectivity index (χ1) is 14.4. The molecule has 158 valence electrons. The van der Waals surface area contributed by atoms with Crippen LogP contribution in [-0.2, 0) is 4.79 Å². The highest BCUT2D eigenvalue weighted by Gasteiger charge is 2.25. The zero-order valence-electron chi connectivity index (χ0n) is 17.5. The van der Waals surface area contributed by atoms with Crippen molar-refractivity contribution in [3.63, 3.8) is 0 Å². The third kappa shape index (κ3) is 5.65. The lowest BCUT2D eigenvalue weighted by Gasteiger charge is -2.35. The summed E-state index contributed by atoms with van der Waals surface area (Å²) in [5, 5.41) is 2.80. The second kappa shape index (κ2) is 10.0. The van der Waals surface area contributed by atoms with Gasteiger partial charge in [0.05, 0.1) is 5.56 Å². The van der Waals surface area contributed by atoms with E-state index in [1.54, 1.807) is 47.5 Å². The van der Waals surface area contributed by atoms with Crippen LogP contribution in [0.2, 0.25) is 0 Å². The number of anilines is 1. The lowest BCUT2D eigenvalue weighted by atomic mass is 10.1. The van der Waals surface area contributed by atoms with E-state index in [-0.39, 0.29) is 17.7 Å². The number of rotatable bonds is 6. The number of nitrogens with zero attached hydrogens (tertiary/aromatic N) is 3. The Balaban J connectivity index is 1.57. The molecule has 1 N–H and O–H groups in total. The molecule has 0 bridgehead atoms. The van der Waals surface area contributed by atoms with Crippen LogP contribution in [0, 0.1) is 5.92 Å². The van der Waals surface area contributed by atoms with Crippen molar-refractivity contribution in [3.8, 4) is 0 Å². The van der Waals surface area contributed by atoms with E-state index in [4.69, 9.17) is 0 Å². The molecule has 7 heteroatoms. The Labute approximate surface area is 177 Å². The van der Waals surface area contributed by atoms with E-state index < -0.39 is 0 Å². The molecule has 1 aromatic carbocycles. The number of carbonyl (C=O) groups excluding carboxylic acids is 3. The van der Waals surface area contributed by atoms with Gasteiger partial charge < -0.3 is 15.1 Å². The summed E-state index contributed by atoms with van der Waals surface area (Å²) in [5.74, 6) is 0.293. The smallest absolute Gasteiger partial charge is 0.257 e. The van der Waals surface area contributed by atoms with Crippen molar-refractivity contribution >= 4 is 23.4 Å². The van der Waals surface area contributed by atoms with E-state index in [2.05, 4.69) is 24.1 Å². The van der Waals surface area contributed by atoms with Crippen molar-refractivity contribution in [1.82, 2.24) is 14.8 Å². The van der Waals surface area contributed by atoms with Crippen LogP contribution in [0.3, 0.4) is 0 Å². The van der Waals surface area contributed by atoms with Gasteiger partial charge in [-0.05, 0) is 42.7 Å². The van der Waals surface area contributed by atoms with Gasteiger partial charge in [-0.25, -0.2) is 0 Å². The van der Waals surface area contributed by atoms with Crippen LogP contribution in [0.4, 0.5) is 5.69 Å². The maximum Gasteiger partial charge on any atom is 0.257 e. The van der Waals surface area contributed by atoms with Gasteiger partial charge in [-0.1, -0.05) is 19.9 Å². The second-order valence-corrected chi connectivity index (χ2v) is 7.88. The minimum Gasteiger partial charge on any atom is -0.339 e. The Kier molecular flexibility index (Phi) is 7.17. The van der Waals surface area contributed by atoms with Gasteiger partial charge >= 0.3 is 0 Å². The fourth-order valence-electron chi connectivity index (χ4n) is 3.34. The standard InChI is InChI=1S/C23H28N4O3/c1-17(2)8-9-21(28)26-11-13-27(14-12-26)23(30)18-5-3-7-20(15-18)25-22(29)19-6-4-10-24-16-19/h3-7,10,15-17H,8-9,11-14H2,1-2H3,(H,25,29). The third-order valence-corrected chi connectivity index (χ3v) is 5.15. The van der Waals surface area contributed by atoms with Gasteiger partial charge in [0.25, 0.3) is 11.8 Å². The topological polar surface area (TPSA) is 82.6 Å². The molecule has 3 amide bonds.